The van der Waals surface area contributed by atoms with Crippen LogP contribution in [0.5, 0.6) is 0 Å². The molecule has 1 aliphatic heterocycles. The van der Waals surface area contributed by atoms with E-state index in [0.717, 1.165) is 16.6 Å². The van der Waals surface area contributed by atoms with Gasteiger partial charge in [0.05, 0.1) is 19.8 Å². The highest BCUT2D eigenvalue weighted by atomic mass is 31.0. The van der Waals surface area contributed by atoms with Gasteiger partial charge in [0.15, 0.2) is 0 Å². The van der Waals surface area contributed by atoms with Gasteiger partial charge < -0.3 is 9.64 Å². The fourth-order valence-corrected chi connectivity index (χ4v) is 3.18. The molecule has 0 aromatic heterocycles. The van der Waals surface area contributed by atoms with Crippen molar-refractivity contribution in [3.63, 3.8) is 0 Å². The Bertz CT molecular complexity index is 807. The average molecular weight is 387 g/mol. The van der Waals surface area contributed by atoms with E-state index in [1.807, 2.05) is 24.3 Å². The van der Waals surface area contributed by atoms with Gasteiger partial charge >= 0.3 is 6.03 Å². The molecule has 0 saturated carbocycles. The van der Waals surface area contributed by atoms with Crippen LogP contribution in [0.2, 0.25) is 0 Å². The summed E-state index contributed by atoms with van der Waals surface area (Å²) >= 11 is 0. The molecule has 0 radical (unpaired) electrons. The number of amides is 3. The van der Waals surface area contributed by atoms with Gasteiger partial charge in [0.25, 0.3) is 5.91 Å². The lowest BCUT2D eigenvalue weighted by molar-refractivity contribution is 0.0548. The van der Waals surface area contributed by atoms with Crippen LogP contribution >= 0.6 is 9.24 Å². The SMILES string of the molecule is O=C(NO)c1ccc(CN(C(=O)N2CCOCC2)c2cccc(P)c2)cc1. The van der Waals surface area contributed by atoms with E-state index in [0.29, 0.717) is 38.4 Å². The number of rotatable bonds is 4. The lowest BCUT2D eigenvalue weighted by Gasteiger charge is -2.33. The number of nitrogens with one attached hydrogen (secondary N) is 1. The molecule has 1 heterocycles. The molecule has 142 valence electrons. The highest BCUT2D eigenvalue weighted by Gasteiger charge is 2.24. The smallest absolute Gasteiger partial charge is 0.324 e. The van der Waals surface area contributed by atoms with E-state index in [9.17, 15) is 9.59 Å². The standard InChI is InChI=1S/C19H22N3O4P/c23-18(20-25)15-6-4-14(5-7-15)13-22(16-2-1-3-17(27)12-16)19(24)21-8-10-26-11-9-21/h1-7,12,25H,8-11,13,27H2,(H,20,23). The number of hydroxylamine groups is 1. The molecule has 3 rings (SSSR count). The summed E-state index contributed by atoms with van der Waals surface area (Å²) in [6.07, 6.45) is 0. The van der Waals surface area contributed by atoms with Crippen LogP contribution in [0.1, 0.15) is 15.9 Å². The first-order valence-electron chi connectivity index (χ1n) is 8.61. The minimum atomic E-state index is -0.571. The van der Waals surface area contributed by atoms with Gasteiger partial charge in [-0.3, -0.25) is 14.9 Å². The zero-order valence-electron chi connectivity index (χ0n) is 14.8. The summed E-state index contributed by atoms with van der Waals surface area (Å²) in [6.45, 7) is 2.56. The van der Waals surface area contributed by atoms with Crippen molar-refractivity contribution in [3.05, 3.63) is 59.7 Å². The second-order valence-electron chi connectivity index (χ2n) is 6.20. The predicted octanol–water partition coefficient (Wildman–Crippen LogP) is 1.76. The van der Waals surface area contributed by atoms with Crippen LogP contribution in [-0.2, 0) is 11.3 Å². The van der Waals surface area contributed by atoms with Gasteiger partial charge in [0.1, 0.15) is 0 Å². The van der Waals surface area contributed by atoms with Crippen molar-refractivity contribution >= 4 is 32.2 Å². The van der Waals surface area contributed by atoms with Crippen molar-refractivity contribution < 1.29 is 19.5 Å². The van der Waals surface area contributed by atoms with Crippen LogP contribution in [0.15, 0.2) is 48.5 Å². The number of benzene rings is 2. The van der Waals surface area contributed by atoms with Gasteiger partial charge in [0, 0.05) is 24.3 Å². The highest BCUT2D eigenvalue weighted by Crippen LogP contribution is 2.20. The third-order valence-corrected chi connectivity index (χ3v) is 4.71. The maximum absolute atomic E-state index is 13.1. The molecule has 8 heteroatoms. The van der Waals surface area contributed by atoms with Gasteiger partial charge in [-0.05, 0) is 35.1 Å². The van der Waals surface area contributed by atoms with E-state index in [4.69, 9.17) is 9.94 Å². The van der Waals surface area contributed by atoms with Crippen molar-refractivity contribution in [3.8, 4) is 0 Å². The lowest BCUT2D eigenvalue weighted by atomic mass is 10.1. The largest absolute Gasteiger partial charge is 0.378 e. The number of ether oxygens (including phenoxy) is 1. The van der Waals surface area contributed by atoms with Crippen molar-refractivity contribution in [1.29, 1.82) is 0 Å². The minimum absolute atomic E-state index is 0.0777. The molecule has 2 aromatic rings. The van der Waals surface area contributed by atoms with Crippen molar-refractivity contribution in [1.82, 2.24) is 10.4 Å². The number of hydrogen-bond acceptors (Lipinski definition) is 4. The second kappa shape index (κ2) is 8.95. The Kier molecular flexibility index (Phi) is 6.40. The number of urea groups is 1. The molecule has 27 heavy (non-hydrogen) atoms. The molecule has 1 unspecified atom stereocenters. The van der Waals surface area contributed by atoms with E-state index in [2.05, 4.69) is 9.24 Å². The van der Waals surface area contributed by atoms with Crippen LogP contribution in [0.25, 0.3) is 0 Å². The Morgan fingerprint density at radius 3 is 2.48 bits per heavy atom. The van der Waals surface area contributed by atoms with Crippen LogP contribution in [0.4, 0.5) is 10.5 Å². The molecule has 1 aliphatic rings. The normalized spacial score (nSPS) is 13.9. The molecule has 1 fully saturated rings. The number of hydrogen-bond donors (Lipinski definition) is 2. The fourth-order valence-electron chi connectivity index (χ4n) is 2.90. The highest BCUT2D eigenvalue weighted by molar-refractivity contribution is 7.27. The van der Waals surface area contributed by atoms with E-state index < -0.39 is 5.91 Å². The first-order chi connectivity index (χ1) is 13.1. The zero-order valence-corrected chi connectivity index (χ0v) is 16.0. The summed E-state index contributed by atoms with van der Waals surface area (Å²) in [4.78, 5) is 28.1. The molecule has 0 spiro atoms. The molecule has 3 amide bonds. The lowest BCUT2D eigenvalue weighted by Crippen LogP contribution is -2.48. The number of anilines is 1. The molecular weight excluding hydrogens is 365 g/mol. The number of carbonyl (C=O) groups is 2. The van der Waals surface area contributed by atoms with Crippen LogP contribution in [-0.4, -0.2) is 48.3 Å². The first-order valence-corrected chi connectivity index (χ1v) is 9.19. The van der Waals surface area contributed by atoms with Gasteiger partial charge in [-0.15, -0.1) is 9.24 Å². The van der Waals surface area contributed by atoms with Gasteiger partial charge in [-0.25, -0.2) is 10.3 Å². The zero-order chi connectivity index (χ0) is 19.2. The first kappa shape index (κ1) is 19.3. The summed E-state index contributed by atoms with van der Waals surface area (Å²) in [6, 6.07) is 14.4. The topological polar surface area (TPSA) is 82.1 Å². The summed E-state index contributed by atoms with van der Waals surface area (Å²) in [5.74, 6) is -0.571. The van der Waals surface area contributed by atoms with Crippen LogP contribution in [0, 0.1) is 0 Å². The van der Waals surface area contributed by atoms with Crippen LogP contribution in [0.3, 0.4) is 0 Å². The molecule has 0 bridgehead atoms. The summed E-state index contributed by atoms with van der Waals surface area (Å²) < 4.78 is 5.34. The Morgan fingerprint density at radius 1 is 1.15 bits per heavy atom. The average Bonchev–Trinajstić information content (AvgIpc) is 2.72. The van der Waals surface area contributed by atoms with Crippen molar-refractivity contribution in [2.45, 2.75) is 6.54 Å². The molecule has 7 nitrogen and oxygen atoms in total. The van der Waals surface area contributed by atoms with E-state index in [1.165, 1.54) is 0 Å². The van der Waals surface area contributed by atoms with Gasteiger partial charge in [0.2, 0.25) is 0 Å². The minimum Gasteiger partial charge on any atom is -0.378 e. The molecule has 1 saturated heterocycles. The molecule has 0 aliphatic carbocycles. The summed E-state index contributed by atoms with van der Waals surface area (Å²) in [5.41, 5.74) is 3.63. The summed E-state index contributed by atoms with van der Waals surface area (Å²) in [5, 5.41) is 9.71. The third-order valence-electron chi connectivity index (χ3n) is 4.35. The Morgan fingerprint density at radius 2 is 1.85 bits per heavy atom. The fraction of sp³-hybridized carbons (Fsp3) is 0.263. The second-order valence-corrected chi connectivity index (χ2v) is 6.87. The van der Waals surface area contributed by atoms with E-state index in [1.54, 1.807) is 39.5 Å². The Balaban J connectivity index is 1.85. The molecule has 2 aromatic carbocycles. The van der Waals surface area contributed by atoms with E-state index in [-0.39, 0.29) is 6.03 Å². The maximum atomic E-state index is 13.1. The van der Waals surface area contributed by atoms with E-state index >= 15 is 0 Å². The Labute approximate surface area is 160 Å². The molecular formula is C19H22N3O4P. The van der Waals surface area contributed by atoms with Crippen molar-refractivity contribution in [2.24, 2.45) is 0 Å². The Hall–Kier alpha value is -2.47. The number of carbonyl (C=O) groups excluding carboxylic acids is 2. The monoisotopic (exact) mass is 387 g/mol. The maximum Gasteiger partial charge on any atom is 0.324 e. The quantitative estimate of drug-likeness (QED) is 0.476. The van der Waals surface area contributed by atoms with Crippen molar-refractivity contribution in [2.75, 3.05) is 31.2 Å². The molecule has 2 N–H and O–H groups in total. The number of morpholine rings is 1. The third kappa shape index (κ3) is 4.83. The van der Waals surface area contributed by atoms with Gasteiger partial charge in [-0.1, -0.05) is 24.3 Å². The predicted molar refractivity (Wildman–Crippen MR) is 105 cm³/mol. The van der Waals surface area contributed by atoms with Gasteiger partial charge in [-0.2, -0.15) is 0 Å². The number of nitrogens with zero attached hydrogens (tertiary/aromatic N) is 2. The molecule has 1 atom stereocenters. The van der Waals surface area contributed by atoms with Crippen LogP contribution < -0.4 is 15.7 Å². The summed E-state index contributed by atoms with van der Waals surface area (Å²) in [7, 11) is 2.64.